The Morgan fingerprint density at radius 1 is 0.863 bits per heavy atom. The van der Waals surface area contributed by atoms with Crippen LogP contribution in [0.1, 0.15) is 89.4 Å². The van der Waals surface area contributed by atoms with Crippen LogP contribution in [0.15, 0.2) is 103 Å². The molecule has 0 aliphatic carbocycles. The van der Waals surface area contributed by atoms with Gasteiger partial charge in [-0.15, -0.1) is 11.6 Å². The van der Waals surface area contributed by atoms with Crippen LogP contribution >= 0.6 is 11.6 Å². The number of Topliss-reactive ketones (excluding diaryl/α,β-unsaturated/α-hetero) is 1. The number of aromatic hydroxyl groups is 1. The predicted octanol–water partition coefficient (Wildman–Crippen LogP) is 7.55. The maximum absolute atomic E-state index is 14.6. The number of aliphatic carboxylic acids is 1. The number of primary amides is 1. The first-order chi connectivity index (χ1) is 45.5. The molecule has 3 atom stereocenters. The van der Waals surface area contributed by atoms with Crippen LogP contribution in [0.2, 0.25) is 0 Å². The number of anilines is 3. The number of alkyl carbamates (subject to hydrolysis) is 1. The number of aromatic nitrogens is 2. The lowest BCUT2D eigenvalue weighted by Gasteiger charge is -2.26. The van der Waals surface area contributed by atoms with Gasteiger partial charge in [0.2, 0.25) is 5.91 Å². The molecule has 0 saturated carbocycles. The van der Waals surface area contributed by atoms with Crippen molar-refractivity contribution in [1.29, 1.82) is 0 Å². The highest BCUT2D eigenvalue weighted by atomic mass is 35.5. The van der Waals surface area contributed by atoms with Gasteiger partial charge in [-0.1, -0.05) is 44.2 Å². The smallest absolute Gasteiger partial charge is 0.415 e. The van der Waals surface area contributed by atoms with E-state index < -0.39 is 83.5 Å². The Balaban J connectivity index is 0.869. The number of carbonyl (C=O) groups is 11. The van der Waals surface area contributed by atoms with Gasteiger partial charge in [-0.05, 0) is 103 Å². The third-order valence-electron chi connectivity index (χ3n) is 15.8. The fourth-order valence-corrected chi connectivity index (χ4v) is 11.1. The molecule has 0 radical (unpaired) electrons. The average Bonchev–Trinajstić information content (AvgIpc) is 1.63. The van der Waals surface area contributed by atoms with Crippen molar-refractivity contribution < 1.29 is 81.9 Å². The summed E-state index contributed by atoms with van der Waals surface area (Å²) < 4.78 is 22.4. The van der Waals surface area contributed by atoms with Gasteiger partial charge < -0.3 is 75.8 Å². The van der Waals surface area contributed by atoms with Crippen molar-refractivity contribution in [2.45, 2.75) is 71.4 Å². The van der Waals surface area contributed by atoms with E-state index in [-0.39, 0.29) is 133 Å². The Morgan fingerprint density at radius 2 is 1.60 bits per heavy atom. The van der Waals surface area contributed by atoms with E-state index in [0.29, 0.717) is 38.8 Å². The van der Waals surface area contributed by atoms with E-state index in [2.05, 4.69) is 31.2 Å². The van der Waals surface area contributed by atoms with E-state index in [1.54, 1.807) is 73.3 Å². The summed E-state index contributed by atoms with van der Waals surface area (Å²) in [5.74, 6) is -5.04. The maximum atomic E-state index is 14.6. The lowest BCUT2D eigenvalue weighted by atomic mass is 9.89. The number of nitrogens with zero attached hydrogens (tertiary/aromatic N) is 5. The van der Waals surface area contributed by atoms with Gasteiger partial charge in [0.1, 0.15) is 36.2 Å². The highest BCUT2D eigenvalue weighted by molar-refractivity contribution is 6.20. The van der Waals surface area contributed by atoms with Crippen LogP contribution in [0.3, 0.4) is 0 Å². The average molecular weight is 1330 g/mol. The van der Waals surface area contributed by atoms with Crippen LogP contribution < -0.4 is 36.6 Å². The van der Waals surface area contributed by atoms with Gasteiger partial charge in [0, 0.05) is 111 Å². The predicted molar refractivity (Wildman–Crippen MR) is 348 cm³/mol. The molecule has 28 nitrogen and oxygen atoms in total. The number of pyridine rings is 1. The van der Waals surface area contributed by atoms with Crippen molar-refractivity contribution in [3.05, 3.63) is 131 Å². The van der Waals surface area contributed by atoms with Crippen molar-refractivity contribution in [1.82, 2.24) is 35.3 Å². The minimum atomic E-state index is -1.09. The second-order valence-corrected chi connectivity index (χ2v) is 23.3. The number of benzene rings is 4. The lowest BCUT2D eigenvalue weighted by molar-refractivity contribution is -0.138. The summed E-state index contributed by atoms with van der Waals surface area (Å²) in [6.07, 6.45) is 1.17. The molecule has 0 bridgehead atoms. The first-order valence-electron chi connectivity index (χ1n) is 30.6. The molecular formula is C66H74ClN11O17. The van der Waals surface area contributed by atoms with Crippen molar-refractivity contribution in [2.75, 3.05) is 87.6 Å². The van der Waals surface area contributed by atoms with Crippen molar-refractivity contribution >= 4 is 116 Å². The molecule has 95 heavy (non-hydrogen) atoms. The van der Waals surface area contributed by atoms with E-state index in [0.717, 1.165) is 33.6 Å². The number of rotatable bonds is 31. The van der Waals surface area contributed by atoms with Crippen molar-refractivity contribution in [3.63, 3.8) is 0 Å². The number of nitrogens with two attached hydrogens (primary N) is 1. The second-order valence-electron chi connectivity index (χ2n) is 23.0. The molecule has 2 aromatic heterocycles. The summed E-state index contributed by atoms with van der Waals surface area (Å²) in [4.78, 5) is 155. The molecule has 4 aromatic carbocycles. The fourth-order valence-electron chi connectivity index (χ4n) is 10.8. The van der Waals surface area contributed by atoms with E-state index in [4.69, 9.17) is 36.3 Å². The van der Waals surface area contributed by atoms with Crippen molar-refractivity contribution in [3.8, 4) is 11.5 Å². The number of carbonyl (C=O) groups excluding carboxylic acids is 10. The van der Waals surface area contributed by atoms with Gasteiger partial charge in [-0.25, -0.2) is 24.2 Å². The van der Waals surface area contributed by atoms with E-state index in [1.165, 1.54) is 47.3 Å². The summed E-state index contributed by atoms with van der Waals surface area (Å²) >= 11 is 6.64. The number of fused-ring (bicyclic) bond motifs is 4. The van der Waals surface area contributed by atoms with Crippen molar-refractivity contribution in [2.24, 2.45) is 17.6 Å². The highest BCUT2D eigenvalue weighted by Crippen LogP contribution is 2.47. The number of halogens is 1. The number of alkyl halides is 1. The fraction of sp³-hybridized carbons (Fsp3) is 0.364. The third-order valence-corrected chi connectivity index (χ3v) is 16.2. The monoisotopic (exact) mass is 1330 g/mol. The Labute approximate surface area is 550 Å². The molecule has 6 aromatic rings. The number of hydrogen-bond acceptors (Lipinski definition) is 17. The molecule has 8 rings (SSSR count). The van der Waals surface area contributed by atoms with Crippen LogP contribution in [0.4, 0.5) is 36.4 Å². The quantitative estimate of drug-likeness (QED) is 0.0118. The number of ketones is 1. The molecule has 0 spiro atoms. The molecular weight excluding hydrogens is 1250 g/mol. The van der Waals surface area contributed by atoms with E-state index in [9.17, 15) is 63.0 Å². The molecule has 9 N–H and O–H groups in total. The molecule has 0 unspecified atom stereocenters. The number of phenols is 1. The maximum Gasteiger partial charge on any atom is 0.415 e. The van der Waals surface area contributed by atoms with E-state index >= 15 is 0 Å². The number of ether oxygens (including phenoxy) is 4. The molecule has 2 aliphatic heterocycles. The number of aryl methyl sites for hydroxylation is 1. The number of hydrogen-bond donors (Lipinski definition) is 8. The van der Waals surface area contributed by atoms with Crippen LogP contribution in [0, 0.1) is 18.8 Å². The lowest BCUT2D eigenvalue weighted by Crippen LogP contribution is -2.46. The normalized spacial score (nSPS) is 13.9. The Hall–Kier alpha value is -10.6. The number of H-pyrrole nitrogens is 1. The first kappa shape index (κ1) is 70.3. The van der Waals surface area contributed by atoms with Crippen LogP contribution in [0.25, 0.3) is 21.7 Å². The van der Waals surface area contributed by atoms with Crippen LogP contribution in [0.5, 0.6) is 11.5 Å². The molecule has 10 amide bonds. The summed E-state index contributed by atoms with van der Waals surface area (Å²) in [7, 11) is 1.46. The Bertz CT molecular complexity index is 3880. The molecule has 29 heteroatoms. The summed E-state index contributed by atoms with van der Waals surface area (Å²) in [5.41, 5.74) is 9.16. The minimum Gasteiger partial charge on any atom is -0.508 e. The van der Waals surface area contributed by atoms with Gasteiger partial charge in [-0.2, -0.15) is 0 Å². The van der Waals surface area contributed by atoms with Gasteiger partial charge >= 0.3 is 30.3 Å². The van der Waals surface area contributed by atoms with Gasteiger partial charge in [0.05, 0.1) is 43.2 Å². The number of carboxylic acid groups (broad SMARTS) is 1. The van der Waals surface area contributed by atoms with Gasteiger partial charge in [0.15, 0.2) is 5.78 Å². The first-order valence-corrected chi connectivity index (χ1v) is 31.1. The molecule has 0 fully saturated rings. The zero-order valence-electron chi connectivity index (χ0n) is 52.6. The Morgan fingerprint density at radius 3 is 2.29 bits per heavy atom. The second kappa shape index (κ2) is 32.8. The number of nitrogens with one attached hydrogen (secondary N) is 5. The minimum absolute atomic E-state index is 0.00696. The van der Waals surface area contributed by atoms with Gasteiger partial charge in [0.25, 0.3) is 23.6 Å². The third kappa shape index (κ3) is 18.8. The van der Waals surface area contributed by atoms with E-state index in [1.807, 2.05) is 13.0 Å². The van der Waals surface area contributed by atoms with Crippen LogP contribution in [-0.2, 0) is 44.8 Å². The number of amides is 10. The largest absolute Gasteiger partial charge is 0.508 e. The molecule has 2 aliphatic rings. The number of aromatic amines is 1. The number of urea groups is 1. The van der Waals surface area contributed by atoms with Gasteiger partial charge in [-0.3, -0.25) is 38.5 Å². The molecule has 4 heterocycles. The summed E-state index contributed by atoms with van der Waals surface area (Å²) in [5, 5.41) is 31.6. The number of imide groups is 1. The number of phenolic OH excluding ortho intramolecular Hbond substituents is 1. The topological polar surface area (TPSA) is 381 Å². The summed E-state index contributed by atoms with van der Waals surface area (Å²) in [6, 6.07) is 20.6. The summed E-state index contributed by atoms with van der Waals surface area (Å²) in [6.45, 7) is 4.93. The van der Waals surface area contributed by atoms with Crippen LogP contribution in [-0.4, -0.2) is 179 Å². The SMILES string of the molecule is Cc1cccc2c(OC(=O)N(CCCC(=O)O)CCN(C)C(=O)OCc3ccc(NC(=O)[C@H](CCCNC(N)=O)CC(=O)[C@@H](NC(=O)OCCOCCN4C(=O)C=CC4=O)C(C)C)cc3)cc3c(c12)[C@H](CCl)CN3C(=O)c1cc2cc(NC(=O)c3ccc(O)cc3)ncc2[nH]1. The molecule has 502 valence electrons. The zero-order chi connectivity index (χ0) is 68.5. The number of likely N-dealkylation sites (N-methyl/N-ethyl adjacent to an activating group) is 1. The standard InChI is InChI=1S/C66H74ClN11O17/c1-38(2)59(74-64(89)93-29-28-92-27-26-77-54(81)20-21-55(77)82)51(80)31-42(9-6-22-69-63(68)88)61(86)71-45-16-12-40(13-17-45)37-94-65(90)75(4)24-25-76(23-7-11-56(83)84)66(91)95-52-33-50-58(57-39(3)8-5-10-47(52)57)44(34-67)36-78(50)62(87)48-30-43-32-53(70-35-49(43)72-48)73-60(85)41-14-18-46(79)19-15-41/h5,8,10,12-21,30,32-33,35,38,42,44,59,72,79H,6-7,9,11,22-29,31,34,36-37H2,1-4H3,(H,71,86)(H,74,89)(H,83,84)(H3,68,69,88)(H,70,73,85)/t42-,44-,59+/m1/s1. The zero-order valence-corrected chi connectivity index (χ0v) is 53.4. The highest BCUT2D eigenvalue weighted by Gasteiger charge is 2.37. The number of carboxylic acids is 1. The Kier molecular flexibility index (Phi) is 24.3. The molecule has 0 saturated heterocycles.